The van der Waals surface area contributed by atoms with E-state index < -0.39 is 23.7 Å². The smallest absolute Gasteiger partial charge is 0.411 e. The maximum Gasteiger partial charge on any atom is 0.411 e. The van der Waals surface area contributed by atoms with Crippen molar-refractivity contribution in [2.45, 2.75) is 64.9 Å². The van der Waals surface area contributed by atoms with Crippen LogP contribution in [-0.2, 0) is 33.8 Å². The first-order valence-electron chi connectivity index (χ1n) is 13.7. The Bertz CT molecular complexity index is 1400. The van der Waals surface area contributed by atoms with Crippen LogP contribution in [0.2, 0.25) is 0 Å². The fourth-order valence-corrected chi connectivity index (χ4v) is 5.00. The van der Waals surface area contributed by atoms with Gasteiger partial charge < -0.3 is 19.1 Å². The van der Waals surface area contributed by atoms with Gasteiger partial charge in [0.15, 0.2) is 0 Å². The van der Waals surface area contributed by atoms with Crippen LogP contribution in [0.1, 0.15) is 66.3 Å². The highest BCUT2D eigenvalue weighted by Gasteiger charge is 2.40. The van der Waals surface area contributed by atoms with Crippen molar-refractivity contribution in [1.82, 2.24) is 9.80 Å². The molecule has 8 heteroatoms. The van der Waals surface area contributed by atoms with Crippen molar-refractivity contribution < 1.29 is 28.6 Å². The van der Waals surface area contributed by atoms with Gasteiger partial charge in [-0.3, -0.25) is 9.69 Å². The molecule has 216 valence electrons. The topological polar surface area (TPSA) is 85.4 Å². The highest BCUT2D eigenvalue weighted by Crippen LogP contribution is 2.31. The van der Waals surface area contributed by atoms with Gasteiger partial charge in [-0.15, -0.1) is 0 Å². The number of methoxy groups -OCH3 is 2. The number of hydrogen-bond donors (Lipinski definition) is 0. The Labute approximate surface area is 241 Å². The van der Waals surface area contributed by atoms with E-state index in [4.69, 9.17) is 14.2 Å². The van der Waals surface area contributed by atoms with Gasteiger partial charge in [-0.1, -0.05) is 48.5 Å². The van der Waals surface area contributed by atoms with Crippen molar-refractivity contribution in [3.63, 3.8) is 0 Å². The molecule has 0 aliphatic carbocycles. The largest absolute Gasteiger partial charge is 0.497 e. The Balaban J connectivity index is 1.73. The van der Waals surface area contributed by atoms with Crippen molar-refractivity contribution in [2.75, 3.05) is 14.2 Å². The number of esters is 1. The average Bonchev–Trinajstić information content (AvgIpc) is 2.97. The van der Waals surface area contributed by atoms with Gasteiger partial charge in [0.1, 0.15) is 17.4 Å². The van der Waals surface area contributed by atoms with Crippen molar-refractivity contribution in [1.29, 1.82) is 0 Å². The van der Waals surface area contributed by atoms with E-state index in [2.05, 4.69) is 0 Å². The summed E-state index contributed by atoms with van der Waals surface area (Å²) in [5.74, 6) is 0.0620. The summed E-state index contributed by atoms with van der Waals surface area (Å²) in [6.45, 7) is 7.94. The fourth-order valence-electron chi connectivity index (χ4n) is 5.00. The number of benzene rings is 3. The molecule has 0 N–H and O–H groups in total. The standard InChI is InChI=1S/C33H38N2O6/c1-22(25-12-9-13-28(18-25)39-5)34(20-23-14-16-24(17-15-23)31(37)40-6)30(36)29-19-26-10-7-8-11-27(26)21-35(29)32(38)41-33(2,3)4/h7-18,22,29H,19-21H2,1-6H3/t22-,29?/m1/s1. The summed E-state index contributed by atoms with van der Waals surface area (Å²) in [5.41, 5.74) is 3.46. The average molecular weight is 559 g/mol. The third-order valence-corrected chi connectivity index (χ3v) is 7.22. The molecule has 0 saturated carbocycles. The first-order valence-corrected chi connectivity index (χ1v) is 13.7. The van der Waals surface area contributed by atoms with E-state index in [1.165, 1.54) is 7.11 Å². The summed E-state index contributed by atoms with van der Waals surface area (Å²) in [7, 11) is 2.94. The minimum atomic E-state index is -0.762. The van der Waals surface area contributed by atoms with E-state index in [1.807, 2.05) is 88.4 Å². The van der Waals surface area contributed by atoms with Crippen LogP contribution in [0.4, 0.5) is 4.79 Å². The number of carbonyl (C=O) groups is 3. The van der Waals surface area contributed by atoms with Crippen LogP contribution in [0.5, 0.6) is 5.75 Å². The second kappa shape index (κ2) is 12.5. The minimum absolute atomic E-state index is 0.197. The fraction of sp³-hybridized carbons (Fsp3) is 0.364. The van der Waals surface area contributed by atoms with E-state index >= 15 is 0 Å². The number of nitrogens with zero attached hydrogens (tertiary/aromatic N) is 2. The van der Waals surface area contributed by atoms with Crippen LogP contribution in [0.25, 0.3) is 0 Å². The zero-order valence-corrected chi connectivity index (χ0v) is 24.5. The lowest BCUT2D eigenvalue weighted by molar-refractivity contribution is -0.140. The molecule has 4 rings (SSSR count). The molecule has 0 spiro atoms. The van der Waals surface area contributed by atoms with Gasteiger partial charge in [0.05, 0.1) is 32.4 Å². The van der Waals surface area contributed by atoms with E-state index in [0.29, 0.717) is 17.7 Å². The number of amides is 2. The molecule has 1 aliphatic rings. The molecule has 0 bridgehead atoms. The van der Waals surface area contributed by atoms with Crippen LogP contribution in [0, 0.1) is 0 Å². The third kappa shape index (κ3) is 7.06. The molecule has 0 saturated heterocycles. The Morgan fingerprint density at radius 3 is 2.27 bits per heavy atom. The van der Waals surface area contributed by atoms with Crippen LogP contribution >= 0.6 is 0 Å². The maximum atomic E-state index is 14.6. The second-order valence-corrected chi connectivity index (χ2v) is 11.2. The first kappa shape index (κ1) is 29.6. The molecule has 0 fully saturated rings. The van der Waals surface area contributed by atoms with Gasteiger partial charge in [0.25, 0.3) is 0 Å². The summed E-state index contributed by atoms with van der Waals surface area (Å²) >= 11 is 0. The Hall–Kier alpha value is -4.33. The molecule has 1 unspecified atom stereocenters. The van der Waals surface area contributed by atoms with E-state index in [0.717, 1.165) is 22.3 Å². The summed E-state index contributed by atoms with van der Waals surface area (Å²) in [6, 6.07) is 21.4. The van der Waals surface area contributed by atoms with Crippen LogP contribution in [0.3, 0.4) is 0 Å². The highest BCUT2D eigenvalue weighted by atomic mass is 16.6. The number of ether oxygens (including phenoxy) is 3. The summed E-state index contributed by atoms with van der Waals surface area (Å²) in [6.07, 6.45) is -0.154. The number of hydrogen-bond acceptors (Lipinski definition) is 6. The molecule has 41 heavy (non-hydrogen) atoms. The Morgan fingerprint density at radius 1 is 0.951 bits per heavy atom. The van der Waals surface area contributed by atoms with Crippen molar-refractivity contribution >= 4 is 18.0 Å². The Kier molecular flexibility index (Phi) is 9.01. The lowest BCUT2D eigenvalue weighted by atomic mass is 9.92. The zero-order valence-electron chi connectivity index (χ0n) is 24.5. The maximum absolute atomic E-state index is 14.6. The molecule has 3 aromatic rings. The molecular formula is C33H38N2O6. The Morgan fingerprint density at radius 2 is 1.63 bits per heavy atom. The predicted octanol–water partition coefficient (Wildman–Crippen LogP) is 5.93. The normalized spacial score (nSPS) is 15.4. The number of carbonyl (C=O) groups excluding carboxylic acids is 3. The van der Waals surface area contributed by atoms with E-state index in [1.54, 1.807) is 29.0 Å². The van der Waals surface area contributed by atoms with Crippen LogP contribution in [-0.4, -0.2) is 53.6 Å². The molecule has 3 aromatic carbocycles. The van der Waals surface area contributed by atoms with Gasteiger partial charge in [-0.2, -0.15) is 0 Å². The van der Waals surface area contributed by atoms with Crippen LogP contribution in [0.15, 0.2) is 72.8 Å². The van der Waals surface area contributed by atoms with Gasteiger partial charge in [0, 0.05) is 13.0 Å². The predicted molar refractivity (Wildman–Crippen MR) is 155 cm³/mol. The van der Waals surface area contributed by atoms with Gasteiger partial charge >= 0.3 is 12.1 Å². The molecular weight excluding hydrogens is 520 g/mol. The lowest BCUT2D eigenvalue weighted by Crippen LogP contribution is -2.54. The molecule has 2 atom stereocenters. The molecule has 1 heterocycles. The van der Waals surface area contributed by atoms with Crippen molar-refractivity contribution in [3.05, 3.63) is 101 Å². The van der Waals surface area contributed by atoms with E-state index in [9.17, 15) is 14.4 Å². The third-order valence-electron chi connectivity index (χ3n) is 7.22. The number of rotatable bonds is 7. The van der Waals surface area contributed by atoms with Crippen molar-refractivity contribution in [2.24, 2.45) is 0 Å². The lowest BCUT2D eigenvalue weighted by Gasteiger charge is -2.40. The molecule has 0 radical (unpaired) electrons. The summed E-state index contributed by atoms with van der Waals surface area (Å²) in [5, 5.41) is 0. The van der Waals surface area contributed by atoms with Gasteiger partial charge in [-0.05, 0) is 74.2 Å². The van der Waals surface area contributed by atoms with Gasteiger partial charge in [0.2, 0.25) is 5.91 Å². The molecule has 2 amide bonds. The monoisotopic (exact) mass is 558 g/mol. The second-order valence-electron chi connectivity index (χ2n) is 11.2. The summed E-state index contributed by atoms with van der Waals surface area (Å²) in [4.78, 5) is 43.3. The van der Waals surface area contributed by atoms with E-state index in [-0.39, 0.29) is 25.0 Å². The minimum Gasteiger partial charge on any atom is -0.497 e. The summed E-state index contributed by atoms with van der Waals surface area (Å²) < 4.78 is 16.0. The highest BCUT2D eigenvalue weighted by molar-refractivity contribution is 5.89. The van der Waals surface area contributed by atoms with Gasteiger partial charge in [-0.25, -0.2) is 9.59 Å². The first-order chi connectivity index (χ1) is 19.5. The number of fused-ring (bicyclic) bond motifs is 1. The quantitative estimate of drug-likeness (QED) is 0.334. The van der Waals surface area contributed by atoms with Crippen LogP contribution < -0.4 is 4.74 Å². The molecule has 1 aliphatic heterocycles. The van der Waals surface area contributed by atoms with Crippen molar-refractivity contribution in [3.8, 4) is 5.75 Å². The molecule has 8 nitrogen and oxygen atoms in total. The SMILES string of the molecule is COC(=O)c1ccc(CN(C(=O)C2Cc3ccccc3CN2C(=O)OC(C)(C)C)[C@H](C)c2cccc(OC)c2)cc1. The zero-order chi connectivity index (χ0) is 29.7. The molecule has 0 aromatic heterocycles.